The first-order valence-electron chi connectivity index (χ1n) is 5.94. The van der Waals surface area contributed by atoms with Crippen molar-refractivity contribution in [3.8, 4) is 5.75 Å². The van der Waals surface area contributed by atoms with E-state index in [1.54, 1.807) is 25.6 Å². The van der Waals surface area contributed by atoms with E-state index in [0.717, 1.165) is 17.1 Å². The minimum Gasteiger partial charge on any atom is -0.494 e. The van der Waals surface area contributed by atoms with Crippen LogP contribution in [0.3, 0.4) is 0 Å². The summed E-state index contributed by atoms with van der Waals surface area (Å²) in [5, 5.41) is 2.86. The van der Waals surface area contributed by atoms with Gasteiger partial charge in [0, 0.05) is 12.3 Å². The second kappa shape index (κ2) is 4.61. The molecule has 3 rings (SSSR count). The molecular weight excluding hydrogens is 242 g/mol. The smallest absolute Gasteiger partial charge is 0.244 e. The lowest BCUT2D eigenvalue weighted by Gasteiger charge is -2.31. The Hall–Kier alpha value is -2.56. The van der Waals surface area contributed by atoms with Crippen LogP contribution in [-0.4, -0.2) is 24.5 Å². The third-order valence-electron chi connectivity index (χ3n) is 3.04. The van der Waals surface area contributed by atoms with Crippen molar-refractivity contribution < 1.29 is 9.53 Å². The maximum Gasteiger partial charge on any atom is 0.244 e. The summed E-state index contributed by atoms with van der Waals surface area (Å²) in [7, 11) is 1.61. The summed E-state index contributed by atoms with van der Waals surface area (Å²) < 4.78 is 5.34. The van der Waals surface area contributed by atoms with Gasteiger partial charge in [0.1, 0.15) is 18.0 Å². The predicted octanol–water partition coefficient (Wildman–Crippen LogP) is 2.18. The number of rotatable bonds is 2. The second-order valence-electron chi connectivity index (χ2n) is 4.20. The highest BCUT2D eigenvalue weighted by atomic mass is 16.5. The molecule has 0 radical (unpaired) electrons. The molecule has 5 nitrogen and oxygen atoms in total. The summed E-state index contributed by atoms with van der Waals surface area (Å²) >= 11 is 0. The SMILES string of the molecule is COc1ccncc1N1CC(=O)Nc2ccccc21. The zero-order valence-corrected chi connectivity index (χ0v) is 10.5. The quantitative estimate of drug-likeness (QED) is 0.893. The summed E-state index contributed by atoms with van der Waals surface area (Å²) in [6, 6.07) is 9.45. The van der Waals surface area contributed by atoms with Gasteiger partial charge in [0.2, 0.25) is 5.91 Å². The molecule has 0 aliphatic carbocycles. The molecule has 0 spiro atoms. The standard InChI is InChI=1S/C14H13N3O2/c1-19-13-6-7-15-8-12(13)17-9-14(18)16-10-4-2-3-5-11(10)17/h2-8H,9H2,1H3,(H,16,18). The Morgan fingerprint density at radius 1 is 1.26 bits per heavy atom. The summed E-state index contributed by atoms with van der Waals surface area (Å²) in [6.07, 6.45) is 3.37. The van der Waals surface area contributed by atoms with E-state index in [-0.39, 0.29) is 12.5 Å². The molecule has 0 atom stereocenters. The van der Waals surface area contributed by atoms with E-state index < -0.39 is 0 Å². The maximum atomic E-state index is 11.8. The van der Waals surface area contributed by atoms with Crippen molar-refractivity contribution in [1.29, 1.82) is 0 Å². The number of nitrogens with zero attached hydrogens (tertiary/aromatic N) is 2. The fraction of sp³-hybridized carbons (Fsp3) is 0.143. The lowest BCUT2D eigenvalue weighted by atomic mass is 10.1. The molecule has 1 N–H and O–H groups in total. The highest BCUT2D eigenvalue weighted by Crippen LogP contribution is 2.38. The average molecular weight is 255 g/mol. The normalized spacial score (nSPS) is 13.7. The minimum atomic E-state index is -0.0513. The van der Waals surface area contributed by atoms with Crippen LogP contribution in [-0.2, 0) is 4.79 Å². The van der Waals surface area contributed by atoms with Crippen LogP contribution in [0.2, 0.25) is 0 Å². The predicted molar refractivity (Wildman–Crippen MR) is 72.9 cm³/mol. The third-order valence-corrected chi connectivity index (χ3v) is 3.04. The van der Waals surface area contributed by atoms with Crippen molar-refractivity contribution >= 4 is 23.0 Å². The molecule has 1 aliphatic heterocycles. The molecule has 1 aromatic heterocycles. The Kier molecular flexibility index (Phi) is 2.79. The number of hydrogen-bond donors (Lipinski definition) is 1. The molecular formula is C14H13N3O2. The molecule has 2 aromatic rings. The lowest BCUT2D eigenvalue weighted by Crippen LogP contribution is -2.35. The average Bonchev–Trinajstić information content (AvgIpc) is 2.46. The van der Waals surface area contributed by atoms with Crippen LogP contribution in [0.1, 0.15) is 0 Å². The number of amides is 1. The van der Waals surface area contributed by atoms with Gasteiger partial charge in [0.25, 0.3) is 0 Å². The van der Waals surface area contributed by atoms with Crippen molar-refractivity contribution in [1.82, 2.24) is 4.98 Å². The number of anilines is 3. The number of benzene rings is 1. The topological polar surface area (TPSA) is 54.5 Å². The Balaban J connectivity index is 2.13. The van der Waals surface area contributed by atoms with Crippen LogP contribution in [0.25, 0.3) is 0 Å². The first kappa shape index (κ1) is 11.5. The Labute approximate surface area is 110 Å². The first-order valence-corrected chi connectivity index (χ1v) is 5.94. The van der Waals surface area contributed by atoms with E-state index in [1.165, 1.54) is 0 Å². The van der Waals surface area contributed by atoms with Gasteiger partial charge in [0.15, 0.2) is 0 Å². The van der Waals surface area contributed by atoms with Gasteiger partial charge in [-0.05, 0) is 12.1 Å². The molecule has 96 valence electrons. The third kappa shape index (κ3) is 1.99. The van der Waals surface area contributed by atoms with Crippen LogP contribution < -0.4 is 15.0 Å². The number of methoxy groups -OCH3 is 1. The highest BCUT2D eigenvalue weighted by Gasteiger charge is 2.24. The molecule has 0 saturated carbocycles. The molecule has 0 saturated heterocycles. The fourth-order valence-corrected chi connectivity index (χ4v) is 2.20. The van der Waals surface area contributed by atoms with Gasteiger partial charge in [-0.25, -0.2) is 0 Å². The van der Waals surface area contributed by atoms with E-state index in [4.69, 9.17) is 4.74 Å². The zero-order valence-electron chi connectivity index (χ0n) is 10.5. The molecule has 2 heterocycles. The lowest BCUT2D eigenvalue weighted by molar-refractivity contribution is -0.115. The number of hydrogen-bond acceptors (Lipinski definition) is 4. The number of ether oxygens (including phenoxy) is 1. The number of fused-ring (bicyclic) bond motifs is 1. The van der Waals surface area contributed by atoms with E-state index >= 15 is 0 Å². The van der Waals surface area contributed by atoms with Gasteiger partial charge in [-0.15, -0.1) is 0 Å². The zero-order chi connectivity index (χ0) is 13.2. The molecule has 1 amide bonds. The molecule has 1 aliphatic rings. The van der Waals surface area contributed by atoms with Crippen LogP contribution in [0.15, 0.2) is 42.7 Å². The van der Waals surface area contributed by atoms with Gasteiger partial charge in [-0.1, -0.05) is 12.1 Å². The number of aromatic nitrogens is 1. The first-order chi connectivity index (χ1) is 9.29. The number of nitrogens with one attached hydrogen (secondary N) is 1. The van der Waals surface area contributed by atoms with Gasteiger partial charge < -0.3 is 15.0 Å². The van der Waals surface area contributed by atoms with Crippen LogP contribution in [0.4, 0.5) is 17.1 Å². The van der Waals surface area contributed by atoms with Crippen LogP contribution in [0, 0.1) is 0 Å². The largest absolute Gasteiger partial charge is 0.494 e. The second-order valence-corrected chi connectivity index (χ2v) is 4.20. The Morgan fingerprint density at radius 3 is 2.95 bits per heavy atom. The van der Waals surface area contributed by atoms with Crippen molar-refractivity contribution in [2.24, 2.45) is 0 Å². The van der Waals surface area contributed by atoms with Crippen molar-refractivity contribution in [3.63, 3.8) is 0 Å². The van der Waals surface area contributed by atoms with E-state index in [9.17, 15) is 4.79 Å². The maximum absolute atomic E-state index is 11.8. The summed E-state index contributed by atoms with van der Waals surface area (Å²) in [5.74, 6) is 0.643. The molecule has 0 bridgehead atoms. The highest BCUT2D eigenvalue weighted by molar-refractivity contribution is 6.03. The number of para-hydroxylation sites is 2. The van der Waals surface area contributed by atoms with Crippen LogP contribution in [0.5, 0.6) is 5.75 Å². The molecule has 19 heavy (non-hydrogen) atoms. The number of carbonyl (C=O) groups is 1. The Morgan fingerprint density at radius 2 is 2.11 bits per heavy atom. The van der Waals surface area contributed by atoms with Gasteiger partial charge in [-0.3, -0.25) is 9.78 Å². The summed E-state index contributed by atoms with van der Waals surface area (Å²) in [5.41, 5.74) is 2.52. The minimum absolute atomic E-state index is 0.0513. The summed E-state index contributed by atoms with van der Waals surface area (Å²) in [6.45, 7) is 0.249. The molecule has 1 aromatic carbocycles. The molecule has 5 heteroatoms. The van der Waals surface area contributed by atoms with Crippen molar-refractivity contribution in [2.45, 2.75) is 0 Å². The number of pyridine rings is 1. The van der Waals surface area contributed by atoms with Crippen molar-refractivity contribution in [3.05, 3.63) is 42.7 Å². The molecule has 0 fully saturated rings. The fourth-order valence-electron chi connectivity index (χ4n) is 2.20. The van der Waals surface area contributed by atoms with Gasteiger partial charge in [0.05, 0.1) is 24.7 Å². The monoisotopic (exact) mass is 255 g/mol. The van der Waals surface area contributed by atoms with Gasteiger partial charge >= 0.3 is 0 Å². The Bertz CT molecular complexity index is 628. The van der Waals surface area contributed by atoms with E-state index in [2.05, 4.69) is 10.3 Å². The van der Waals surface area contributed by atoms with Crippen LogP contribution >= 0.6 is 0 Å². The molecule has 0 unspecified atom stereocenters. The van der Waals surface area contributed by atoms with Gasteiger partial charge in [-0.2, -0.15) is 0 Å². The van der Waals surface area contributed by atoms with Crippen molar-refractivity contribution in [2.75, 3.05) is 23.9 Å². The summed E-state index contributed by atoms with van der Waals surface area (Å²) in [4.78, 5) is 17.8. The number of carbonyl (C=O) groups excluding carboxylic acids is 1. The van der Waals surface area contributed by atoms with E-state index in [1.807, 2.05) is 29.2 Å². The van der Waals surface area contributed by atoms with E-state index in [0.29, 0.717) is 5.75 Å².